The van der Waals surface area contributed by atoms with Crippen molar-refractivity contribution >= 4 is 191 Å². The van der Waals surface area contributed by atoms with Crippen molar-refractivity contribution in [3.05, 3.63) is 212 Å². The van der Waals surface area contributed by atoms with Crippen LogP contribution in [0.4, 0.5) is 40.3 Å². The first-order chi connectivity index (χ1) is 60.6. The number of hydrogen-bond acceptors (Lipinski definition) is 23. The maximum Gasteiger partial charge on any atom is 0.252 e. The van der Waals surface area contributed by atoms with Gasteiger partial charge in [-0.05, 0) is 199 Å². The Morgan fingerprint density at radius 3 is 1.08 bits per heavy atom. The number of aromatic hydroxyl groups is 1. The number of carbonyl (C=O) groups is 5. The second-order valence-electron chi connectivity index (χ2n) is 36.7. The lowest BCUT2D eigenvalue weighted by Crippen LogP contribution is -2.41. The van der Waals surface area contributed by atoms with E-state index in [-0.39, 0.29) is 57.2 Å². The third-order valence-corrected chi connectivity index (χ3v) is 45.6. The second kappa shape index (κ2) is 56.6. The van der Waals surface area contributed by atoms with Gasteiger partial charge in [-0.1, -0.05) is 201 Å². The highest BCUT2D eigenvalue weighted by Gasteiger charge is 2.40. The fraction of sp³-hybridized carbons (Fsp3) is 0.446. The van der Waals surface area contributed by atoms with Gasteiger partial charge in [0, 0.05) is 67.2 Å². The maximum atomic E-state index is 11.3. The molecule has 0 spiro atoms. The smallest absolute Gasteiger partial charge is 0.252 e. The monoisotopic (exact) mass is 2090 g/mol. The van der Waals surface area contributed by atoms with E-state index < -0.39 is 45.1 Å². The van der Waals surface area contributed by atoms with Crippen LogP contribution < -0.4 is 47.9 Å². The van der Waals surface area contributed by atoms with E-state index in [1.807, 2.05) is 13.0 Å². The van der Waals surface area contributed by atoms with Gasteiger partial charge in [0.15, 0.2) is 45.8 Å². The third kappa shape index (κ3) is 44.0. The zero-order valence-corrected chi connectivity index (χ0v) is 91.7. The average Bonchev–Trinajstić information content (AvgIpc) is 0.842. The lowest BCUT2D eigenvalue weighted by molar-refractivity contribution is 0.0992. The maximum absolute atomic E-state index is 11.3. The first-order valence-corrected chi connectivity index (χ1v) is 59.5. The molecule has 12 N–H and O–H groups in total. The van der Waals surface area contributed by atoms with Crippen molar-refractivity contribution in [2.45, 2.75) is 201 Å². The number of ether oxygens (including phenoxy) is 2. The normalized spacial score (nSPS) is 11.4. The summed E-state index contributed by atoms with van der Waals surface area (Å²) in [5.74, 6) is 2.48. The van der Waals surface area contributed by atoms with Crippen LogP contribution in [0.25, 0.3) is 14.5 Å². The molecule has 0 aliphatic rings. The number of primary amides is 2. The zero-order chi connectivity index (χ0) is 100. The molecule has 716 valence electrons. The number of aliphatic hydroxyl groups is 1. The molecule has 0 saturated carbocycles. The molecule has 0 unspecified atom stereocenters. The number of rotatable bonds is 30. The largest absolute Gasteiger partial charge is 0.508 e. The number of benzene rings is 3. The second-order valence-corrected chi connectivity index (χ2v) is 63.3. The van der Waals surface area contributed by atoms with Crippen LogP contribution in [0.5, 0.6) is 29.0 Å². The van der Waals surface area contributed by atoms with E-state index in [0.29, 0.717) is 176 Å². The molecule has 0 fully saturated rings. The molecule has 0 aliphatic carbocycles. The summed E-state index contributed by atoms with van der Waals surface area (Å²) in [4.78, 5) is 85.5. The molecule has 8 aromatic rings. The van der Waals surface area contributed by atoms with E-state index in [0.717, 1.165) is 18.1 Å². The summed E-state index contributed by atoms with van der Waals surface area (Å²) in [5, 5.41) is 31.4. The number of aldehydes is 3. The fourth-order valence-corrected chi connectivity index (χ4v) is 14.1. The zero-order valence-electron chi connectivity index (χ0n) is 80.3. The Balaban J connectivity index is 0.000000790. The van der Waals surface area contributed by atoms with Gasteiger partial charge in [0.25, 0.3) is 11.8 Å². The number of aromatic nitrogens is 5. The number of anilines is 4. The number of hydrogen-bond donors (Lipinski definition) is 9. The number of halogens is 6. The molecule has 0 aliphatic heterocycles. The average molecular weight is 2100 g/mol. The van der Waals surface area contributed by atoms with Gasteiger partial charge in [-0.2, -0.15) is 0 Å². The van der Waals surface area contributed by atoms with Crippen LogP contribution in [0.15, 0.2) is 124 Å². The van der Waals surface area contributed by atoms with Gasteiger partial charge in [0.05, 0.1) is 63.9 Å². The van der Waals surface area contributed by atoms with Gasteiger partial charge in [-0.15, -0.1) is 0 Å². The van der Waals surface area contributed by atoms with Crippen LogP contribution in [0.3, 0.4) is 0 Å². The molecule has 0 radical (unpaired) electrons. The molecule has 0 bridgehead atoms. The molecule has 2 amide bonds. The molecule has 39 heteroatoms. The minimum Gasteiger partial charge on any atom is -0.508 e. The number of nitrogens with zero attached hydrogens (tertiary/aromatic N) is 8. The Hall–Kier alpha value is -8.61. The highest BCUT2D eigenvalue weighted by atomic mass is 79.9. The highest BCUT2D eigenvalue weighted by molar-refractivity contribution is 9.10. The highest BCUT2D eigenvalue weighted by Crippen LogP contribution is 2.41. The Bertz CT molecular complexity index is 5000. The Kier molecular flexibility index (Phi) is 52.0. The minimum absolute atomic E-state index is 0.0324. The Labute approximate surface area is 818 Å². The van der Waals surface area contributed by atoms with Crippen molar-refractivity contribution < 1.29 is 61.4 Å². The molecule has 0 atom stereocenters. The van der Waals surface area contributed by atoms with Crippen molar-refractivity contribution in [1.82, 2.24) is 24.9 Å². The number of amides is 2. The lowest BCUT2D eigenvalue weighted by Gasteiger charge is -2.36. The summed E-state index contributed by atoms with van der Waals surface area (Å²) in [6, 6.07) is 30.8. The number of carbonyl (C=O) groups excluding carboxylic acids is 5. The standard InChI is InChI=1S/C22H29N3O3Si.C21H26BrN3O3Si.C14H24ClN3O2Si.C14H22ClN3OSi.C7H5BrO2.C6H4Cl2N2O.C6H16Si.C2H7NO/c1-16-8-9-18(14-17(16)15-26)28-20-11-10-19(23-5)21(25-20)24-12-13-27-29(6,7)22(2,3)4;1-21(2,3)29(5,6)27-12-11-24-20-18(23-4)9-10-19(25-20)28-16-7-8-17(22)15(13-16)14-26;1-14(2,3)21(4,5)20-9-8-17-13-10(12(16)19)6-7-11(15)18-13;1-14(2,3)20(5,6)19-10-9-17-13-11(16-4)7-8-12(15)18-13;8-7-2-1-6(10)3-5(7)4-9;7-4-2-1-3(6(9)11)5(8)10-4;1-6(2,3)7(4)5;3-1-2-4/h8-11,14-15H,12-13H2,1-4,6-7H3,(H,24,25);7-10,13-14H,11-12H2,1-3,5-6H3,(H,24,25);6-7H,8-9H2,1-5H3,(H2,16,19)(H,17,18);7-8H,9-10H2,1-3,5-6H3,(H,17,18);1-4,10H;1-2H,(H2,9,11);7H,1-5H3;4H,1-3H2. The summed E-state index contributed by atoms with van der Waals surface area (Å²) in [7, 11) is -7.48. The minimum atomic E-state index is -1.82. The van der Waals surface area contributed by atoms with Crippen LogP contribution in [-0.2, 0) is 17.7 Å². The quantitative estimate of drug-likeness (QED) is 0.00664. The SMILES string of the molecule is CC(C)(C)[Si](C)(C)OCCNc1nc(Cl)ccc1C(N)=O.C[SiH](C)C(C)(C)C.NC(=O)c1ccc(Cl)nc1Cl.NCCO.O=Cc1cc(O)ccc1Br.[C-]#[N+]c1ccc(Cl)nc1NCCO[Si](C)(C)C(C)(C)C.[C-]#[N+]c1ccc(Oc2ccc(Br)c(C=O)c2)nc1NCCO[Si](C)(C)C(C)(C)C.[C-]#[N+]c1ccc(Oc2ccc(C)c(C=O)c2)nc1NCCO[Si](C)(C)C(C)(C)C. The fourth-order valence-electron chi connectivity index (χ4n) is 8.55. The van der Waals surface area contributed by atoms with Crippen molar-refractivity contribution in [2.75, 3.05) is 87.0 Å². The molecule has 0 saturated heterocycles. The molecule has 8 rings (SSSR count). The number of aryl methyl sites for hydroxylation is 1. The van der Waals surface area contributed by atoms with E-state index in [1.54, 1.807) is 84.9 Å². The van der Waals surface area contributed by atoms with Crippen molar-refractivity contribution in [1.29, 1.82) is 0 Å². The number of nitrogens with two attached hydrogens (primary N) is 3. The van der Waals surface area contributed by atoms with Gasteiger partial charge in [0.2, 0.25) is 28.8 Å². The number of phenols is 1. The van der Waals surface area contributed by atoms with E-state index >= 15 is 0 Å². The molecule has 28 nitrogen and oxygen atoms in total. The molecule has 5 aromatic heterocycles. The topological polar surface area (TPSA) is 385 Å². The Morgan fingerprint density at radius 1 is 0.458 bits per heavy atom. The van der Waals surface area contributed by atoms with Crippen LogP contribution in [0, 0.1) is 26.6 Å². The number of aliphatic hydroxyl groups excluding tert-OH is 1. The van der Waals surface area contributed by atoms with Gasteiger partial charge < -0.3 is 75.9 Å². The van der Waals surface area contributed by atoms with Crippen LogP contribution in [-0.4, -0.2) is 174 Å². The van der Waals surface area contributed by atoms with E-state index in [4.69, 9.17) is 121 Å². The Morgan fingerprint density at radius 2 is 0.756 bits per heavy atom. The third-order valence-electron chi connectivity index (χ3n) is 21.6. The summed E-state index contributed by atoms with van der Waals surface area (Å²) < 4.78 is 37.4. The summed E-state index contributed by atoms with van der Waals surface area (Å²) in [6.07, 6.45) is 2.23. The summed E-state index contributed by atoms with van der Waals surface area (Å²) in [6.45, 7) is 84.4. The van der Waals surface area contributed by atoms with Crippen molar-refractivity contribution in [3.63, 3.8) is 0 Å². The van der Waals surface area contributed by atoms with Crippen LogP contribution in [0.2, 0.25) is 111 Å². The van der Waals surface area contributed by atoms with E-state index in [9.17, 15) is 24.0 Å². The number of phenolic OH excluding ortho intramolecular Hbond substituents is 1. The predicted octanol–water partition coefficient (Wildman–Crippen LogP) is 25.1. The molecular formula is C92H133Br2Cl4N15O13Si5. The molecule has 3 aromatic carbocycles. The van der Waals surface area contributed by atoms with Crippen LogP contribution >= 0.6 is 78.3 Å². The molecule has 5 heterocycles. The van der Waals surface area contributed by atoms with Gasteiger partial charge >= 0.3 is 0 Å². The predicted molar refractivity (Wildman–Crippen MR) is 556 cm³/mol. The lowest BCUT2D eigenvalue weighted by atomic mass is 10.1. The van der Waals surface area contributed by atoms with Crippen molar-refractivity contribution in [2.24, 2.45) is 17.2 Å². The number of pyridine rings is 5. The molecule has 131 heavy (non-hydrogen) atoms. The van der Waals surface area contributed by atoms with Crippen LogP contribution in [0.1, 0.15) is 161 Å². The van der Waals surface area contributed by atoms with E-state index in [2.05, 4.69) is 262 Å². The van der Waals surface area contributed by atoms with Gasteiger partial charge in [0.1, 0.15) is 67.4 Å². The van der Waals surface area contributed by atoms with Gasteiger partial charge in [-0.3, -0.25) is 24.0 Å². The summed E-state index contributed by atoms with van der Waals surface area (Å²) in [5.41, 5.74) is 19.2. The van der Waals surface area contributed by atoms with Gasteiger partial charge in [-0.25, -0.2) is 39.5 Å². The van der Waals surface area contributed by atoms with Crippen molar-refractivity contribution in [3.8, 4) is 29.0 Å². The summed E-state index contributed by atoms with van der Waals surface area (Å²) >= 11 is 29.1. The first kappa shape index (κ1) is 120. The number of nitrogens with one attached hydrogen (secondary N) is 4. The van der Waals surface area contributed by atoms with E-state index in [1.165, 1.54) is 24.3 Å². The first-order valence-electron chi connectivity index (χ1n) is 41.9. The molecular weight excluding hydrogens is 1970 g/mol.